The zero-order valence-electron chi connectivity index (χ0n) is 21.1. The van der Waals surface area contributed by atoms with Gasteiger partial charge in [-0.25, -0.2) is 19.6 Å². The van der Waals surface area contributed by atoms with Gasteiger partial charge in [-0.3, -0.25) is 19.3 Å². The molecule has 0 unspecified atom stereocenters. The SMILES string of the molecule is CC(C)(C)c1csc(NC(=O)c2ccn3c(=O)c(/C=C/C(=O)O)c(N4CCC[C@H](OC(N)=O)C4)nc3c2)n1. The number of fused-ring (bicyclic) bond motifs is 1. The van der Waals surface area contributed by atoms with Gasteiger partial charge in [0, 0.05) is 35.2 Å². The highest BCUT2D eigenvalue weighted by Crippen LogP contribution is 2.27. The van der Waals surface area contributed by atoms with E-state index < -0.39 is 29.6 Å². The molecular formula is C25H28N6O6S. The first-order valence-electron chi connectivity index (χ1n) is 11.9. The molecule has 12 nitrogen and oxygen atoms in total. The smallest absolute Gasteiger partial charge is 0.404 e. The number of rotatable bonds is 6. The Kier molecular flexibility index (Phi) is 7.49. The molecule has 1 atom stereocenters. The largest absolute Gasteiger partial charge is 0.478 e. The Balaban J connectivity index is 1.72. The minimum Gasteiger partial charge on any atom is -0.478 e. The van der Waals surface area contributed by atoms with Crippen molar-refractivity contribution in [2.24, 2.45) is 5.73 Å². The number of nitrogens with two attached hydrogens (primary N) is 1. The molecule has 0 bridgehead atoms. The Morgan fingerprint density at radius 3 is 2.71 bits per heavy atom. The number of carbonyl (C=O) groups is 3. The molecule has 0 spiro atoms. The molecule has 0 radical (unpaired) electrons. The van der Waals surface area contributed by atoms with Crippen LogP contribution in [0.25, 0.3) is 11.7 Å². The second-order valence-electron chi connectivity index (χ2n) is 9.86. The van der Waals surface area contributed by atoms with Gasteiger partial charge in [0.1, 0.15) is 17.6 Å². The molecule has 2 amide bonds. The number of hydrogen-bond donors (Lipinski definition) is 3. The number of carboxylic acids is 1. The van der Waals surface area contributed by atoms with Crippen LogP contribution in [0.5, 0.6) is 0 Å². The Morgan fingerprint density at radius 2 is 2.05 bits per heavy atom. The number of thiazole rings is 1. The van der Waals surface area contributed by atoms with Gasteiger partial charge in [0.25, 0.3) is 11.5 Å². The fourth-order valence-corrected chi connectivity index (χ4v) is 4.99. The molecule has 38 heavy (non-hydrogen) atoms. The Morgan fingerprint density at radius 1 is 1.29 bits per heavy atom. The lowest BCUT2D eigenvalue weighted by atomic mass is 9.93. The van der Waals surface area contributed by atoms with E-state index in [2.05, 4.69) is 15.3 Å². The van der Waals surface area contributed by atoms with Gasteiger partial charge >= 0.3 is 12.1 Å². The maximum absolute atomic E-state index is 13.4. The minimum atomic E-state index is -1.22. The molecule has 1 aliphatic rings. The van der Waals surface area contributed by atoms with E-state index in [9.17, 15) is 19.2 Å². The van der Waals surface area contributed by atoms with Crippen molar-refractivity contribution >= 4 is 52.0 Å². The number of aliphatic carboxylic acids is 1. The van der Waals surface area contributed by atoms with E-state index in [1.165, 1.54) is 40.1 Å². The number of amides is 2. The average molecular weight is 541 g/mol. The molecule has 0 saturated carbocycles. The molecule has 4 heterocycles. The van der Waals surface area contributed by atoms with Crippen LogP contribution >= 0.6 is 11.3 Å². The molecule has 200 valence electrons. The Bertz CT molecular complexity index is 1490. The van der Waals surface area contributed by atoms with Crippen molar-refractivity contribution in [2.45, 2.75) is 45.1 Å². The first kappa shape index (κ1) is 26.8. The van der Waals surface area contributed by atoms with Gasteiger partial charge in [0.2, 0.25) is 0 Å². The van der Waals surface area contributed by atoms with E-state index in [1.807, 2.05) is 26.2 Å². The molecular weight excluding hydrogens is 512 g/mol. The summed E-state index contributed by atoms with van der Waals surface area (Å²) >= 11 is 1.32. The number of anilines is 2. The van der Waals surface area contributed by atoms with Crippen LogP contribution in [0.2, 0.25) is 0 Å². The number of hydrogen-bond acceptors (Lipinski definition) is 9. The molecule has 1 fully saturated rings. The fraction of sp³-hybridized carbons (Fsp3) is 0.360. The average Bonchev–Trinajstić information content (AvgIpc) is 3.32. The van der Waals surface area contributed by atoms with Gasteiger partial charge < -0.3 is 20.5 Å². The number of carbonyl (C=O) groups excluding carboxylic acids is 2. The summed E-state index contributed by atoms with van der Waals surface area (Å²) in [6, 6.07) is 2.95. The molecule has 13 heteroatoms. The van der Waals surface area contributed by atoms with Crippen LogP contribution in [-0.4, -0.2) is 56.6 Å². The number of ether oxygens (including phenoxy) is 1. The molecule has 0 aromatic carbocycles. The molecule has 0 aliphatic carbocycles. The van der Waals surface area contributed by atoms with Crippen molar-refractivity contribution in [1.29, 1.82) is 0 Å². The van der Waals surface area contributed by atoms with Crippen LogP contribution in [0.4, 0.5) is 15.7 Å². The van der Waals surface area contributed by atoms with Gasteiger partial charge in [0.15, 0.2) is 5.13 Å². The van der Waals surface area contributed by atoms with Crippen LogP contribution < -0.4 is 21.5 Å². The summed E-state index contributed by atoms with van der Waals surface area (Å²) in [5.74, 6) is -1.42. The lowest BCUT2D eigenvalue weighted by molar-refractivity contribution is -0.131. The second kappa shape index (κ2) is 10.6. The van der Waals surface area contributed by atoms with E-state index in [1.54, 1.807) is 4.90 Å². The second-order valence-corrected chi connectivity index (χ2v) is 10.7. The minimum absolute atomic E-state index is 0.0549. The van der Waals surface area contributed by atoms with Crippen LogP contribution in [0, 0.1) is 0 Å². The van der Waals surface area contributed by atoms with Gasteiger partial charge in [-0.15, -0.1) is 11.3 Å². The predicted molar refractivity (Wildman–Crippen MR) is 143 cm³/mol. The highest BCUT2D eigenvalue weighted by molar-refractivity contribution is 7.14. The van der Waals surface area contributed by atoms with Crippen molar-refractivity contribution < 1.29 is 24.2 Å². The highest BCUT2D eigenvalue weighted by atomic mass is 32.1. The van der Waals surface area contributed by atoms with Crippen molar-refractivity contribution in [2.75, 3.05) is 23.3 Å². The number of nitrogens with one attached hydrogen (secondary N) is 1. The maximum Gasteiger partial charge on any atom is 0.404 e. The first-order valence-corrected chi connectivity index (χ1v) is 12.8. The normalized spacial score (nSPS) is 16.1. The molecule has 3 aromatic heterocycles. The summed E-state index contributed by atoms with van der Waals surface area (Å²) < 4.78 is 6.38. The van der Waals surface area contributed by atoms with Crippen molar-refractivity contribution in [3.8, 4) is 0 Å². The zero-order chi connectivity index (χ0) is 27.6. The quantitative estimate of drug-likeness (QED) is 0.398. The van der Waals surface area contributed by atoms with Gasteiger partial charge in [-0.05, 0) is 31.1 Å². The number of pyridine rings is 1. The van der Waals surface area contributed by atoms with E-state index in [0.29, 0.717) is 24.5 Å². The van der Waals surface area contributed by atoms with E-state index >= 15 is 0 Å². The molecule has 1 aliphatic heterocycles. The molecule has 3 aromatic rings. The van der Waals surface area contributed by atoms with E-state index in [-0.39, 0.29) is 34.6 Å². The monoisotopic (exact) mass is 540 g/mol. The topological polar surface area (TPSA) is 169 Å². The standard InChI is InChI=1S/C25H28N6O6S/c1-25(2,3)17-13-38-24(27-17)29-21(34)14-8-10-31-18(11-14)28-20(16(22(31)35)6-7-19(32)33)30-9-4-5-15(12-30)37-23(26)36/h6-8,10-11,13,15H,4-5,9,12H2,1-3H3,(H2,26,36)(H,32,33)(H,27,29,34)/b7-6+/t15-/m0/s1. The van der Waals surface area contributed by atoms with Crippen LogP contribution in [-0.2, 0) is 14.9 Å². The Labute approximate surface area is 221 Å². The molecule has 4 N–H and O–H groups in total. The third-order valence-electron chi connectivity index (χ3n) is 5.95. The van der Waals surface area contributed by atoms with Crippen molar-refractivity contribution in [3.05, 3.63) is 57.0 Å². The number of primary amides is 1. The number of aromatic nitrogens is 3. The first-order chi connectivity index (χ1) is 17.9. The summed E-state index contributed by atoms with van der Waals surface area (Å²) in [5, 5.41) is 14.3. The summed E-state index contributed by atoms with van der Waals surface area (Å²) in [6.45, 7) is 6.81. The molecule has 1 saturated heterocycles. The summed E-state index contributed by atoms with van der Waals surface area (Å²) in [4.78, 5) is 59.6. The van der Waals surface area contributed by atoms with Gasteiger partial charge in [-0.2, -0.15) is 0 Å². The zero-order valence-corrected chi connectivity index (χ0v) is 21.9. The van der Waals surface area contributed by atoms with Gasteiger partial charge in [-0.1, -0.05) is 20.8 Å². The number of carboxylic acid groups (broad SMARTS) is 1. The van der Waals surface area contributed by atoms with E-state index in [0.717, 1.165) is 11.8 Å². The summed E-state index contributed by atoms with van der Waals surface area (Å²) in [6.07, 6.45) is 3.27. The highest BCUT2D eigenvalue weighted by Gasteiger charge is 2.26. The Hall–Kier alpha value is -4.26. The van der Waals surface area contributed by atoms with Crippen molar-refractivity contribution in [3.63, 3.8) is 0 Å². The third kappa shape index (κ3) is 5.99. The molecule has 4 rings (SSSR count). The predicted octanol–water partition coefficient (Wildman–Crippen LogP) is 2.86. The number of nitrogens with zero attached hydrogens (tertiary/aromatic N) is 4. The number of piperidine rings is 1. The lowest BCUT2D eigenvalue weighted by Crippen LogP contribution is -2.43. The summed E-state index contributed by atoms with van der Waals surface area (Å²) in [5.41, 5.74) is 5.87. The lowest BCUT2D eigenvalue weighted by Gasteiger charge is -2.33. The van der Waals surface area contributed by atoms with Crippen LogP contribution in [0.1, 0.15) is 55.2 Å². The third-order valence-corrected chi connectivity index (χ3v) is 6.71. The van der Waals surface area contributed by atoms with E-state index in [4.69, 9.17) is 15.6 Å². The van der Waals surface area contributed by atoms with Crippen LogP contribution in [0.15, 0.2) is 34.6 Å². The van der Waals surface area contributed by atoms with Crippen molar-refractivity contribution in [1.82, 2.24) is 14.4 Å². The summed E-state index contributed by atoms with van der Waals surface area (Å²) in [7, 11) is 0. The fourth-order valence-electron chi connectivity index (χ4n) is 4.06. The van der Waals surface area contributed by atoms with Crippen LogP contribution in [0.3, 0.4) is 0 Å². The van der Waals surface area contributed by atoms with Gasteiger partial charge in [0.05, 0.1) is 17.8 Å². The maximum atomic E-state index is 13.4.